The van der Waals surface area contributed by atoms with Crippen molar-refractivity contribution in [3.8, 4) is 5.75 Å². The number of benzene rings is 2. The van der Waals surface area contributed by atoms with E-state index in [0.717, 1.165) is 33.8 Å². The van der Waals surface area contributed by atoms with Crippen LogP contribution in [0.15, 0.2) is 45.7 Å². The molecular weight excluding hydrogens is 264 g/mol. The van der Waals surface area contributed by atoms with Crippen molar-refractivity contribution in [3.63, 3.8) is 0 Å². The number of nitrogens with zero attached hydrogens (tertiary/aromatic N) is 3. The quantitative estimate of drug-likeness (QED) is 0.718. The average molecular weight is 282 g/mol. The lowest BCUT2D eigenvalue weighted by Gasteiger charge is -2.05. The standard InChI is InChI=1S/C16H18N4O/c1-10-7-13(21-4)5-6-14(10)19-20-16-9-11(2)15(18-17)8-12(16)3/h5-9,17H,1-4H3. The van der Waals surface area contributed by atoms with E-state index < -0.39 is 0 Å². The number of hydrogen-bond acceptors (Lipinski definition) is 5. The summed E-state index contributed by atoms with van der Waals surface area (Å²) in [5.74, 6) is 0.805. The van der Waals surface area contributed by atoms with Crippen LogP contribution in [0, 0.1) is 26.3 Å². The third-order valence-corrected chi connectivity index (χ3v) is 3.30. The molecule has 0 amide bonds. The fourth-order valence-corrected chi connectivity index (χ4v) is 1.99. The van der Waals surface area contributed by atoms with Gasteiger partial charge in [0, 0.05) is 0 Å². The average Bonchev–Trinajstić information content (AvgIpc) is 2.48. The lowest BCUT2D eigenvalue weighted by molar-refractivity contribution is 0.414. The van der Waals surface area contributed by atoms with Gasteiger partial charge in [-0.05, 0) is 67.8 Å². The zero-order valence-electron chi connectivity index (χ0n) is 12.6. The van der Waals surface area contributed by atoms with Crippen molar-refractivity contribution < 1.29 is 4.74 Å². The minimum atomic E-state index is 0.659. The molecule has 0 radical (unpaired) electrons. The fourth-order valence-electron chi connectivity index (χ4n) is 1.99. The van der Waals surface area contributed by atoms with Crippen molar-refractivity contribution in [3.05, 3.63) is 47.0 Å². The van der Waals surface area contributed by atoms with Gasteiger partial charge in [0.05, 0.1) is 24.2 Å². The summed E-state index contributed by atoms with van der Waals surface area (Å²) < 4.78 is 5.17. The lowest BCUT2D eigenvalue weighted by Crippen LogP contribution is -1.83. The van der Waals surface area contributed by atoms with Crippen molar-refractivity contribution >= 4 is 17.1 Å². The molecule has 0 saturated heterocycles. The van der Waals surface area contributed by atoms with E-state index in [4.69, 9.17) is 10.3 Å². The van der Waals surface area contributed by atoms with E-state index in [9.17, 15) is 0 Å². The molecule has 0 aliphatic carbocycles. The maximum atomic E-state index is 7.11. The molecule has 0 unspecified atom stereocenters. The molecule has 0 aliphatic heterocycles. The molecule has 0 atom stereocenters. The molecule has 21 heavy (non-hydrogen) atoms. The minimum absolute atomic E-state index is 0.659. The minimum Gasteiger partial charge on any atom is -0.497 e. The highest BCUT2D eigenvalue weighted by Crippen LogP contribution is 2.30. The van der Waals surface area contributed by atoms with Crippen LogP contribution in [0.3, 0.4) is 0 Å². The Morgan fingerprint density at radius 2 is 1.38 bits per heavy atom. The monoisotopic (exact) mass is 282 g/mol. The van der Waals surface area contributed by atoms with Crippen LogP contribution in [-0.4, -0.2) is 7.11 Å². The molecule has 2 rings (SSSR count). The van der Waals surface area contributed by atoms with E-state index in [-0.39, 0.29) is 0 Å². The Kier molecular flexibility index (Phi) is 4.42. The summed E-state index contributed by atoms with van der Waals surface area (Å²) in [5.41, 5.74) is 12.2. The van der Waals surface area contributed by atoms with Gasteiger partial charge >= 0.3 is 0 Å². The highest BCUT2D eigenvalue weighted by atomic mass is 16.5. The van der Waals surface area contributed by atoms with Crippen LogP contribution in [0.25, 0.3) is 0 Å². The number of nitrogens with one attached hydrogen (secondary N) is 1. The molecule has 0 saturated carbocycles. The molecule has 0 heterocycles. The van der Waals surface area contributed by atoms with Gasteiger partial charge in [-0.2, -0.15) is 15.3 Å². The van der Waals surface area contributed by atoms with Crippen LogP contribution in [0.5, 0.6) is 5.75 Å². The molecule has 5 nitrogen and oxygen atoms in total. The van der Waals surface area contributed by atoms with Crippen molar-refractivity contribution in [2.24, 2.45) is 15.3 Å². The Balaban J connectivity index is 2.33. The number of rotatable bonds is 4. The first-order chi connectivity index (χ1) is 10.0. The van der Waals surface area contributed by atoms with Crippen LogP contribution < -0.4 is 4.74 Å². The number of aryl methyl sites for hydroxylation is 3. The molecule has 0 fully saturated rings. The maximum absolute atomic E-state index is 7.11. The van der Waals surface area contributed by atoms with Crippen LogP contribution in [-0.2, 0) is 0 Å². The molecule has 0 aliphatic rings. The Labute approximate surface area is 124 Å². The van der Waals surface area contributed by atoms with Crippen LogP contribution in [0.2, 0.25) is 0 Å². The molecule has 108 valence electrons. The second-order valence-electron chi connectivity index (χ2n) is 4.89. The van der Waals surface area contributed by atoms with Crippen molar-refractivity contribution in [2.75, 3.05) is 7.11 Å². The molecular formula is C16H18N4O. The summed E-state index contributed by atoms with van der Waals surface area (Å²) in [7, 11) is 1.64. The van der Waals surface area contributed by atoms with Crippen molar-refractivity contribution in [1.29, 1.82) is 5.53 Å². The molecule has 2 aromatic rings. The van der Waals surface area contributed by atoms with Gasteiger partial charge in [0.1, 0.15) is 5.75 Å². The molecule has 0 bridgehead atoms. The first-order valence-electron chi connectivity index (χ1n) is 6.60. The lowest BCUT2D eigenvalue weighted by atomic mass is 10.1. The van der Waals surface area contributed by atoms with Gasteiger partial charge in [-0.3, -0.25) is 0 Å². The zero-order valence-corrected chi connectivity index (χ0v) is 12.6. The summed E-state index contributed by atoms with van der Waals surface area (Å²) >= 11 is 0. The summed E-state index contributed by atoms with van der Waals surface area (Å²) in [5, 5.41) is 12.1. The van der Waals surface area contributed by atoms with E-state index in [1.165, 1.54) is 0 Å². The first-order valence-corrected chi connectivity index (χ1v) is 6.60. The zero-order chi connectivity index (χ0) is 15.4. The third-order valence-electron chi connectivity index (χ3n) is 3.30. The van der Waals surface area contributed by atoms with Gasteiger partial charge < -0.3 is 4.74 Å². The molecule has 5 heteroatoms. The van der Waals surface area contributed by atoms with Gasteiger partial charge in [0.15, 0.2) is 0 Å². The number of methoxy groups -OCH3 is 1. The molecule has 0 aromatic heterocycles. The van der Waals surface area contributed by atoms with Crippen LogP contribution in [0.1, 0.15) is 16.7 Å². The summed E-state index contributed by atoms with van der Waals surface area (Å²) in [6.45, 7) is 5.81. The van der Waals surface area contributed by atoms with Gasteiger partial charge in [-0.15, -0.1) is 0 Å². The van der Waals surface area contributed by atoms with E-state index in [2.05, 4.69) is 15.3 Å². The second kappa shape index (κ2) is 6.26. The SMILES string of the molecule is COc1ccc(N=Nc2cc(C)c(N=N)cc2C)c(C)c1. The van der Waals surface area contributed by atoms with E-state index in [1.54, 1.807) is 7.11 Å². The topological polar surface area (TPSA) is 70.2 Å². The third kappa shape index (κ3) is 3.31. The normalized spacial score (nSPS) is 10.9. The van der Waals surface area contributed by atoms with Crippen molar-refractivity contribution in [1.82, 2.24) is 0 Å². The van der Waals surface area contributed by atoms with Gasteiger partial charge in [-0.1, -0.05) is 0 Å². The predicted molar refractivity (Wildman–Crippen MR) is 82.6 cm³/mol. The molecule has 0 spiro atoms. The summed E-state index contributed by atoms with van der Waals surface area (Å²) in [4.78, 5) is 0. The van der Waals surface area contributed by atoms with E-state index >= 15 is 0 Å². The van der Waals surface area contributed by atoms with Crippen molar-refractivity contribution in [2.45, 2.75) is 20.8 Å². The Morgan fingerprint density at radius 3 is 2.00 bits per heavy atom. The second-order valence-corrected chi connectivity index (χ2v) is 4.89. The smallest absolute Gasteiger partial charge is 0.119 e. The number of azo groups is 1. The first kappa shape index (κ1) is 14.8. The van der Waals surface area contributed by atoms with E-state index in [1.807, 2.05) is 51.1 Å². The summed E-state index contributed by atoms with van der Waals surface area (Å²) in [6, 6.07) is 9.41. The summed E-state index contributed by atoms with van der Waals surface area (Å²) in [6.07, 6.45) is 0. The highest BCUT2D eigenvalue weighted by molar-refractivity contribution is 5.58. The number of hydrogen-bond donors (Lipinski definition) is 1. The number of ether oxygens (including phenoxy) is 1. The Bertz CT molecular complexity index is 708. The molecule has 2 aromatic carbocycles. The van der Waals surface area contributed by atoms with E-state index in [0.29, 0.717) is 5.69 Å². The fraction of sp³-hybridized carbons (Fsp3) is 0.250. The Morgan fingerprint density at radius 1 is 0.810 bits per heavy atom. The van der Waals surface area contributed by atoms with Crippen LogP contribution >= 0.6 is 0 Å². The van der Waals surface area contributed by atoms with Gasteiger partial charge in [0.2, 0.25) is 0 Å². The largest absolute Gasteiger partial charge is 0.497 e. The van der Waals surface area contributed by atoms with Gasteiger partial charge in [-0.25, -0.2) is 5.53 Å². The van der Waals surface area contributed by atoms with Crippen LogP contribution in [0.4, 0.5) is 17.1 Å². The maximum Gasteiger partial charge on any atom is 0.119 e. The van der Waals surface area contributed by atoms with Gasteiger partial charge in [0.25, 0.3) is 0 Å². The highest BCUT2D eigenvalue weighted by Gasteiger charge is 2.04. The molecule has 1 N–H and O–H groups in total. The predicted octanol–water partition coefficient (Wildman–Crippen LogP) is 5.70. The Hall–Kier alpha value is -2.56.